The molecule has 2 aromatic carbocycles. The molecule has 0 saturated carbocycles. The number of piperazine rings is 1. The molecule has 1 fully saturated rings. The highest BCUT2D eigenvalue weighted by atomic mass is 32.1. The lowest BCUT2D eigenvalue weighted by molar-refractivity contribution is 0.132. The maximum absolute atomic E-state index is 5.46. The number of H-pyrrole nitrogens is 1. The fraction of sp³-hybridized carbons (Fsp3) is 0.286. The van der Waals surface area contributed by atoms with Gasteiger partial charge in [-0.25, -0.2) is 0 Å². The van der Waals surface area contributed by atoms with Gasteiger partial charge in [0.25, 0.3) is 0 Å². The maximum Gasteiger partial charge on any atom is 0.142 e. The van der Waals surface area contributed by atoms with E-state index in [1.54, 1.807) is 17.6 Å². The zero-order chi connectivity index (χ0) is 23.6. The van der Waals surface area contributed by atoms with Crippen molar-refractivity contribution in [3.05, 3.63) is 87.8 Å². The first kappa shape index (κ1) is 22.2. The van der Waals surface area contributed by atoms with Gasteiger partial charge >= 0.3 is 0 Å². The van der Waals surface area contributed by atoms with Gasteiger partial charge in [-0.3, -0.25) is 10.00 Å². The van der Waals surface area contributed by atoms with Gasteiger partial charge in [0, 0.05) is 55.1 Å². The first-order chi connectivity index (χ1) is 17.2. The van der Waals surface area contributed by atoms with Crippen molar-refractivity contribution in [2.45, 2.75) is 19.6 Å². The molecule has 35 heavy (non-hydrogen) atoms. The number of aromatic nitrogens is 2. The van der Waals surface area contributed by atoms with Crippen molar-refractivity contribution >= 4 is 17.6 Å². The summed E-state index contributed by atoms with van der Waals surface area (Å²) in [6, 6.07) is 21.2. The van der Waals surface area contributed by atoms with Crippen LogP contribution >= 0.6 is 11.3 Å². The minimum atomic E-state index is 0.470. The average Bonchev–Trinajstić information content (AvgIpc) is 3.59. The van der Waals surface area contributed by atoms with E-state index < -0.39 is 0 Å². The molecule has 0 radical (unpaired) electrons. The molecule has 1 aliphatic heterocycles. The number of aromatic amines is 1. The molecule has 3 heterocycles. The fourth-order valence-corrected chi connectivity index (χ4v) is 5.77. The molecule has 1 N–H and O–H groups in total. The van der Waals surface area contributed by atoms with Gasteiger partial charge in [0.2, 0.25) is 0 Å². The molecule has 0 amide bonds. The summed E-state index contributed by atoms with van der Waals surface area (Å²) in [6.45, 7) is 6.08. The Kier molecular flexibility index (Phi) is 6.21. The van der Waals surface area contributed by atoms with Crippen molar-refractivity contribution in [2.75, 3.05) is 33.2 Å². The van der Waals surface area contributed by atoms with Crippen LogP contribution in [0.2, 0.25) is 0 Å². The molecular formula is C28H29N5OS. The van der Waals surface area contributed by atoms with Gasteiger partial charge in [-0.2, -0.15) is 5.10 Å². The number of hydrogen-bond donors (Lipinski definition) is 1. The summed E-state index contributed by atoms with van der Waals surface area (Å²) in [5.41, 5.74) is 8.70. The molecule has 2 aliphatic rings. The van der Waals surface area contributed by atoms with Gasteiger partial charge in [0.05, 0.1) is 16.8 Å². The molecule has 178 valence electrons. The summed E-state index contributed by atoms with van der Waals surface area (Å²) in [7, 11) is 2.20. The van der Waals surface area contributed by atoms with E-state index in [0.717, 1.165) is 65.9 Å². The number of fused-ring (bicyclic) bond motifs is 3. The van der Waals surface area contributed by atoms with Gasteiger partial charge in [0.15, 0.2) is 0 Å². The minimum absolute atomic E-state index is 0.470. The summed E-state index contributed by atoms with van der Waals surface area (Å²) in [5, 5.41) is 12.1. The molecule has 7 heteroatoms. The predicted octanol–water partition coefficient (Wildman–Crippen LogP) is 5.01. The molecule has 1 aliphatic carbocycles. The molecule has 1 saturated heterocycles. The van der Waals surface area contributed by atoms with Gasteiger partial charge in [-0.05, 0) is 35.9 Å². The van der Waals surface area contributed by atoms with Gasteiger partial charge in [-0.15, -0.1) is 11.3 Å². The Morgan fingerprint density at radius 1 is 1.03 bits per heavy atom. The molecular weight excluding hydrogens is 454 g/mol. The standard InChI is InChI=1S/C28H29N5OS/c1-32-11-13-33(14-12-32)18-21-7-9-24-22(15-21)16-25-27(24)30-31-28(25)26-10-8-23(35-26)17-29-34-19-20-5-3-2-4-6-20/h2-10,15,17H,11-14,16,18-19H2,1H3,(H,30,31)/b29-17+. The van der Waals surface area contributed by atoms with Crippen LogP contribution in [0.3, 0.4) is 0 Å². The summed E-state index contributed by atoms with van der Waals surface area (Å²) >= 11 is 1.69. The first-order valence-electron chi connectivity index (χ1n) is 12.1. The first-order valence-corrected chi connectivity index (χ1v) is 12.9. The minimum Gasteiger partial charge on any atom is -0.391 e. The zero-order valence-electron chi connectivity index (χ0n) is 19.9. The van der Waals surface area contributed by atoms with Crippen molar-refractivity contribution < 1.29 is 4.84 Å². The number of oxime groups is 1. The van der Waals surface area contributed by atoms with Crippen molar-refractivity contribution in [1.29, 1.82) is 0 Å². The summed E-state index contributed by atoms with van der Waals surface area (Å²) in [6.07, 6.45) is 2.71. The predicted molar refractivity (Wildman–Crippen MR) is 142 cm³/mol. The fourth-order valence-electron chi connectivity index (χ4n) is 4.88. The van der Waals surface area contributed by atoms with Crippen LogP contribution in [0.25, 0.3) is 21.8 Å². The Hall–Kier alpha value is -3.26. The maximum atomic E-state index is 5.46. The van der Waals surface area contributed by atoms with E-state index in [-0.39, 0.29) is 0 Å². The van der Waals surface area contributed by atoms with E-state index >= 15 is 0 Å². The third-order valence-electron chi connectivity index (χ3n) is 6.86. The lowest BCUT2D eigenvalue weighted by Crippen LogP contribution is -2.43. The van der Waals surface area contributed by atoms with E-state index in [9.17, 15) is 0 Å². The molecule has 4 aromatic rings. The molecule has 0 atom stereocenters. The molecule has 0 unspecified atom stereocenters. The van der Waals surface area contributed by atoms with Gasteiger partial charge in [-0.1, -0.05) is 53.7 Å². The number of likely N-dealkylation sites (N-methyl/N-ethyl adjacent to an activating group) is 1. The van der Waals surface area contributed by atoms with E-state index in [2.05, 4.69) is 62.5 Å². The normalized spacial score (nSPS) is 16.0. The van der Waals surface area contributed by atoms with E-state index in [0.29, 0.717) is 6.61 Å². The van der Waals surface area contributed by atoms with Crippen LogP contribution in [0.5, 0.6) is 0 Å². The van der Waals surface area contributed by atoms with Crippen LogP contribution in [0, 0.1) is 0 Å². The molecule has 0 spiro atoms. The Morgan fingerprint density at radius 2 is 1.89 bits per heavy atom. The molecule has 6 nitrogen and oxygen atoms in total. The highest BCUT2D eigenvalue weighted by molar-refractivity contribution is 7.17. The third kappa shape index (κ3) is 4.80. The Bertz CT molecular complexity index is 1330. The summed E-state index contributed by atoms with van der Waals surface area (Å²) in [4.78, 5) is 12.6. The number of thiophene rings is 1. The van der Waals surface area contributed by atoms with Crippen molar-refractivity contribution in [1.82, 2.24) is 20.0 Å². The lowest BCUT2D eigenvalue weighted by Gasteiger charge is -2.32. The largest absolute Gasteiger partial charge is 0.391 e. The van der Waals surface area contributed by atoms with Crippen LogP contribution < -0.4 is 0 Å². The smallest absolute Gasteiger partial charge is 0.142 e. The van der Waals surface area contributed by atoms with Crippen molar-refractivity contribution in [3.63, 3.8) is 0 Å². The SMILES string of the molecule is CN1CCN(Cc2ccc3c(c2)Cc2c(-c4ccc(/C=N/OCc5ccccc5)s4)n[nH]c2-3)CC1. The second-order valence-electron chi connectivity index (χ2n) is 9.37. The van der Waals surface area contributed by atoms with Crippen LogP contribution in [0.15, 0.2) is 65.8 Å². The quantitative estimate of drug-likeness (QED) is 0.261. The Morgan fingerprint density at radius 3 is 2.74 bits per heavy atom. The number of nitrogens with one attached hydrogen (secondary N) is 1. The highest BCUT2D eigenvalue weighted by Gasteiger charge is 2.26. The topological polar surface area (TPSA) is 56.8 Å². The van der Waals surface area contributed by atoms with E-state index in [4.69, 9.17) is 4.84 Å². The molecule has 2 aromatic heterocycles. The van der Waals surface area contributed by atoms with Gasteiger partial charge in [0.1, 0.15) is 12.3 Å². The summed E-state index contributed by atoms with van der Waals surface area (Å²) in [5.74, 6) is 0. The highest BCUT2D eigenvalue weighted by Crippen LogP contribution is 2.41. The lowest BCUT2D eigenvalue weighted by atomic mass is 10.0. The Balaban J connectivity index is 1.12. The van der Waals surface area contributed by atoms with Crippen LogP contribution in [0.1, 0.15) is 27.1 Å². The summed E-state index contributed by atoms with van der Waals surface area (Å²) < 4.78 is 0. The van der Waals surface area contributed by atoms with E-state index in [1.807, 2.05) is 30.3 Å². The zero-order valence-corrected chi connectivity index (χ0v) is 20.7. The number of rotatable bonds is 7. The van der Waals surface area contributed by atoms with Crippen molar-refractivity contribution in [2.24, 2.45) is 5.16 Å². The van der Waals surface area contributed by atoms with Gasteiger partial charge < -0.3 is 9.74 Å². The van der Waals surface area contributed by atoms with Crippen LogP contribution in [-0.2, 0) is 24.4 Å². The molecule has 6 rings (SSSR count). The number of hydrogen-bond acceptors (Lipinski definition) is 6. The van der Waals surface area contributed by atoms with Crippen LogP contribution in [0.4, 0.5) is 0 Å². The second-order valence-corrected chi connectivity index (χ2v) is 10.5. The van der Waals surface area contributed by atoms with Crippen molar-refractivity contribution in [3.8, 4) is 21.8 Å². The molecule has 0 bridgehead atoms. The average molecular weight is 484 g/mol. The Labute approximate surface area is 209 Å². The van der Waals surface area contributed by atoms with Crippen LogP contribution in [-0.4, -0.2) is 59.4 Å². The monoisotopic (exact) mass is 483 g/mol. The van der Waals surface area contributed by atoms with E-state index in [1.165, 1.54) is 22.3 Å². The number of benzene rings is 2. The second kappa shape index (κ2) is 9.77. The number of nitrogens with zero attached hydrogens (tertiary/aromatic N) is 4. The third-order valence-corrected chi connectivity index (χ3v) is 7.89.